The summed E-state index contributed by atoms with van der Waals surface area (Å²) in [5.74, 6) is 0.180. The summed E-state index contributed by atoms with van der Waals surface area (Å²) in [5, 5.41) is 2.26. The molecule has 32 heavy (non-hydrogen) atoms. The molecule has 0 bridgehead atoms. The lowest BCUT2D eigenvalue weighted by Gasteiger charge is -2.05. The third-order valence-electron chi connectivity index (χ3n) is 5.59. The largest absolute Gasteiger partial charge is 0.427 e. The Balaban J connectivity index is 1.48. The summed E-state index contributed by atoms with van der Waals surface area (Å²) in [6, 6.07) is 20.9. The highest BCUT2D eigenvalue weighted by atomic mass is 16.5. The minimum Gasteiger partial charge on any atom is -0.427 e. The van der Waals surface area contributed by atoms with Gasteiger partial charge in [0.1, 0.15) is 5.75 Å². The number of ketones is 1. The third-order valence-corrected chi connectivity index (χ3v) is 5.59. The molecule has 0 aliphatic carbocycles. The standard InChI is InChI=1S/C29H32O3/c1-2-3-4-5-6-7-8-16-29(31)32-26-20-17-25(18-21-26)28(30)22-19-24-14-11-13-23-12-9-10-15-27(23)24/h9-15,17-22H,2-8,16H2,1H3/b22-19+. The molecule has 166 valence electrons. The number of unbranched alkanes of at least 4 members (excludes halogenated alkanes) is 6. The van der Waals surface area contributed by atoms with Crippen molar-refractivity contribution in [3.05, 3.63) is 83.9 Å². The number of allylic oxidation sites excluding steroid dienone is 1. The molecule has 0 saturated carbocycles. The number of rotatable bonds is 12. The van der Waals surface area contributed by atoms with E-state index in [2.05, 4.69) is 25.1 Å². The maximum atomic E-state index is 12.6. The molecule has 0 heterocycles. The molecule has 0 aliphatic heterocycles. The van der Waals surface area contributed by atoms with Gasteiger partial charge in [0, 0.05) is 12.0 Å². The lowest BCUT2D eigenvalue weighted by atomic mass is 10.0. The number of hydrogen-bond donors (Lipinski definition) is 0. The van der Waals surface area contributed by atoms with Gasteiger partial charge < -0.3 is 4.74 Å². The lowest BCUT2D eigenvalue weighted by Crippen LogP contribution is -2.07. The van der Waals surface area contributed by atoms with Gasteiger partial charge in [0.25, 0.3) is 0 Å². The van der Waals surface area contributed by atoms with E-state index < -0.39 is 0 Å². The summed E-state index contributed by atoms with van der Waals surface area (Å²) in [7, 11) is 0. The predicted molar refractivity (Wildman–Crippen MR) is 132 cm³/mol. The average Bonchev–Trinajstić information content (AvgIpc) is 2.82. The van der Waals surface area contributed by atoms with Crippen molar-refractivity contribution in [2.24, 2.45) is 0 Å². The van der Waals surface area contributed by atoms with E-state index in [4.69, 9.17) is 4.74 Å². The quantitative estimate of drug-likeness (QED) is 0.0972. The summed E-state index contributed by atoms with van der Waals surface area (Å²) >= 11 is 0. The maximum absolute atomic E-state index is 12.6. The number of carbonyl (C=O) groups is 2. The molecule has 0 saturated heterocycles. The second-order valence-corrected chi connectivity index (χ2v) is 8.14. The van der Waals surface area contributed by atoms with Gasteiger partial charge in [-0.25, -0.2) is 0 Å². The van der Waals surface area contributed by atoms with E-state index in [1.807, 2.05) is 30.3 Å². The average molecular weight is 429 g/mol. The Morgan fingerprint density at radius 2 is 1.47 bits per heavy atom. The van der Waals surface area contributed by atoms with E-state index in [-0.39, 0.29) is 11.8 Å². The van der Waals surface area contributed by atoms with Crippen LogP contribution in [0, 0.1) is 0 Å². The number of esters is 1. The van der Waals surface area contributed by atoms with Crippen LogP contribution < -0.4 is 4.74 Å². The first-order chi connectivity index (χ1) is 15.7. The molecule has 0 fully saturated rings. The molecule has 0 aromatic heterocycles. The van der Waals surface area contributed by atoms with Crippen molar-refractivity contribution in [2.45, 2.75) is 58.3 Å². The molecule has 3 aromatic carbocycles. The Kier molecular flexibility index (Phi) is 9.24. The highest BCUT2D eigenvalue weighted by Gasteiger charge is 2.07. The van der Waals surface area contributed by atoms with Crippen LogP contribution in [0.1, 0.15) is 74.2 Å². The predicted octanol–water partition coefficient (Wildman–Crippen LogP) is 7.78. The van der Waals surface area contributed by atoms with E-state index in [9.17, 15) is 9.59 Å². The summed E-state index contributed by atoms with van der Waals surface area (Å²) in [4.78, 5) is 24.6. The number of hydrogen-bond acceptors (Lipinski definition) is 3. The Morgan fingerprint density at radius 3 is 2.25 bits per heavy atom. The Bertz CT molecular complexity index is 1040. The smallest absolute Gasteiger partial charge is 0.311 e. The molecule has 0 unspecified atom stereocenters. The van der Waals surface area contributed by atoms with Gasteiger partial charge in [0.2, 0.25) is 0 Å². The van der Waals surface area contributed by atoms with Gasteiger partial charge >= 0.3 is 5.97 Å². The van der Waals surface area contributed by atoms with Crippen LogP contribution in [0.5, 0.6) is 5.75 Å². The molecule has 0 amide bonds. The van der Waals surface area contributed by atoms with Crippen LogP contribution in [0.25, 0.3) is 16.8 Å². The normalized spacial score (nSPS) is 11.2. The zero-order valence-corrected chi connectivity index (χ0v) is 18.9. The molecular formula is C29H32O3. The third kappa shape index (κ3) is 7.19. The topological polar surface area (TPSA) is 43.4 Å². The highest BCUT2D eigenvalue weighted by Crippen LogP contribution is 2.20. The van der Waals surface area contributed by atoms with Gasteiger partial charge in [0.05, 0.1) is 0 Å². The fourth-order valence-corrected chi connectivity index (χ4v) is 3.75. The van der Waals surface area contributed by atoms with Crippen molar-refractivity contribution in [3.63, 3.8) is 0 Å². The molecular weight excluding hydrogens is 396 g/mol. The van der Waals surface area contributed by atoms with Crippen LogP contribution in [-0.4, -0.2) is 11.8 Å². The summed E-state index contributed by atoms with van der Waals surface area (Å²) in [6.45, 7) is 2.21. The van der Waals surface area contributed by atoms with Crippen LogP contribution >= 0.6 is 0 Å². The number of benzene rings is 3. The number of ether oxygens (including phenoxy) is 1. The van der Waals surface area contributed by atoms with Crippen LogP contribution in [0.2, 0.25) is 0 Å². The number of fused-ring (bicyclic) bond motifs is 1. The molecule has 3 aromatic rings. The molecule has 0 spiro atoms. The van der Waals surface area contributed by atoms with Crippen molar-refractivity contribution < 1.29 is 14.3 Å². The highest BCUT2D eigenvalue weighted by molar-refractivity contribution is 6.07. The molecule has 3 nitrogen and oxygen atoms in total. The second kappa shape index (κ2) is 12.6. The molecule has 0 N–H and O–H groups in total. The minimum absolute atomic E-state index is 0.0844. The van der Waals surface area contributed by atoms with Gasteiger partial charge in [-0.3, -0.25) is 9.59 Å². The monoisotopic (exact) mass is 428 g/mol. The molecule has 3 rings (SSSR count). The SMILES string of the molecule is CCCCCCCCCC(=O)Oc1ccc(C(=O)/C=C/c2cccc3ccccc23)cc1. The van der Waals surface area contributed by atoms with Gasteiger partial charge in [-0.15, -0.1) is 0 Å². The molecule has 0 radical (unpaired) electrons. The van der Waals surface area contributed by atoms with E-state index in [0.29, 0.717) is 17.7 Å². The fourth-order valence-electron chi connectivity index (χ4n) is 3.75. The Hall–Kier alpha value is -3.20. The van der Waals surface area contributed by atoms with E-state index >= 15 is 0 Å². The van der Waals surface area contributed by atoms with Crippen molar-refractivity contribution in [1.82, 2.24) is 0 Å². The molecule has 0 atom stereocenters. The van der Waals surface area contributed by atoms with Gasteiger partial charge in [0.15, 0.2) is 5.78 Å². The van der Waals surface area contributed by atoms with Gasteiger partial charge in [-0.05, 0) is 53.1 Å². The van der Waals surface area contributed by atoms with Crippen molar-refractivity contribution in [2.75, 3.05) is 0 Å². The van der Waals surface area contributed by atoms with Crippen LogP contribution in [0.4, 0.5) is 0 Å². The van der Waals surface area contributed by atoms with Crippen LogP contribution in [-0.2, 0) is 4.79 Å². The molecule has 0 aliphatic rings. The number of carbonyl (C=O) groups excluding carboxylic acids is 2. The second-order valence-electron chi connectivity index (χ2n) is 8.14. The maximum Gasteiger partial charge on any atom is 0.311 e. The fraction of sp³-hybridized carbons (Fsp3) is 0.310. The lowest BCUT2D eigenvalue weighted by molar-refractivity contribution is -0.134. The summed E-state index contributed by atoms with van der Waals surface area (Å²) in [6.07, 6.45) is 12.0. The van der Waals surface area contributed by atoms with Crippen molar-refractivity contribution >= 4 is 28.6 Å². The van der Waals surface area contributed by atoms with Crippen molar-refractivity contribution in [1.29, 1.82) is 0 Å². The van der Waals surface area contributed by atoms with Gasteiger partial charge in [-0.1, -0.05) is 94.0 Å². The first-order valence-electron chi connectivity index (χ1n) is 11.7. The Labute approximate surface area is 191 Å². The van der Waals surface area contributed by atoms with Crippen molar-refractivity contribution in [3.8, 4) is 5.75 Å². The summed E-state index contributed by atoms with van der Waals surface area (Å²) in [5.41, 5.74) is 1.57. The van der Waals surface area contributed by atoms with E-state index in [1.54, 1.807) is 30.3 Å². The zero-order valence-electron chi connectivity index (χ0n) is 18.9. The van der Waals surface area contributed by atoms with Gasteiger partial charge in [-0.2, -0.15) is 0 Å². The van der Waals surface area contributed by atoms with Crippen LogP contribution in [0.3, 0.4) is 0 Å². The first-order valence-corrected chi connectivity index (χ1v) is 11.7. The first kappa shape index (κ1) is 23.5. The zero-order chi connectivity index (χ0) is 22.6. The minimum atomic E-state index is -0.214. The Morgan fingerprint density at radius 1 is 0.781 bits per heavy atom. The van der Waals surface area contributed by atoms with Crippen LogP contribution in [0.15, 0.2) is 72.8 Å². The summed E-state index contributed by atoms with van der Waals surface area (Å²) < 4.78 is 5.40. The van der Waals surface area contributed by atoms with E-state index in [1.165, 1.54) is 32.1 Å². The molecule has 3 heteroatoms. The van der Waals surface area contributed by atoms with E-state index in [0.717, 1.165) is 29.2 Å².